The largest absolute Gasteiger partial charge is 0.103 e. The molecule has 2 rings (SSSR count). The Labute approximate surface area is 123 Å². The van der Waals surface area contributed by atoms with E-state index in [0.29, 0.717) is 0 Å². The highest BCUT2D eigenvalue weighted by Crippen LogP contribution is 2.04. The van der Waals surface area contributed by atoms with Crippen LogP contribution in [0.1, 0.15) is 22.3 Å². The Morgan fingerprint density at radius 3 is 1.20 bits per heavy atom. The molecule has 0 radical (unpaired) electrons. The van der Waals surface area contributed by atoms with Gasteiger partial charge >= 0.3 is 0 Å². The van der Waals surface area contributed by atoms with Crippen LogP contribution >= 0.6 is 0 Å². The third kappa shape index (κ3) is 6.19. The van der Waals surface area contributed by atoms with Gasteiger partial charge in [-0.2, -0.15) is 0 Å². The Bertz CT molecular complexity index is 463. The summed E-state index contributed by atoms with van der Waals surface area (Å²) in [4.78, 5) is 0. The summed E-state index contributed by atoms with van der Waals surface area (Å²) in [5.41, 5.74) is 5.29. The van der Waals surface area contributed by atoms with Gasteiger partial charge in [0.15, 0.2) is 0 Å². The van der Waals surface area contributed by atoms with Crippen molar-refractivity contribution in [3.05, 3.63) is 96.1 Å². The number of allylic oxidation sites excluding steroid dienone is 2. The third-order valence-corrected chi connectivity index (χ3v) is 3.00. The van der Waals surface area contributed by atoms with Crippen LogP contribution in [0.15, 0.2) is 73.8 Å². The van der Waals surface area contributed by atoms with Gasteiger partial charge in [0, 0.05) is 0 Å². The molecule has 0 saturated heterocycles. The number of aryl methyl sites for hydroxylation is 2. The van der Waals surface area contributed by atoms with Crippen LogP contribution in [0, 0.1) is 13.8 Å². The molecule has 0 unspecified atom stereocenters. The SMILES string of the molecule is C=CCc1ccc(C)cc1.C=CCc1ccc(C)cc1. The normalized spacial score (nSPS) is 9.30. The van der Waals surface area contributed by atoms with Crippen LogP contribution in [0.3, 0.4) is 0 Å². The molecule has 0 heterocycles. The van der Waals surface area contributed by atoms with Crippen LogP contribution in [0.2, 0.25) is 0 Å². The van der Waals surface area contributed by atoms with Gasteiger partial charge in [0.1, 0.15) is 0 Å². The van der Waals surface area contributed by atoms with Crippen molar-refractivity contribution in [1.29, 1.82) is 0 Å². The molecule has 20 heavy (non-hydrogen) atoms. The second-order valence-electron chi connectivity index (χ2n) is 4.96. The first-order valence-electron chi connectivity index (χ1n) is 6.98. The van der Waals surface area contributed by atoms with Gasteiger partial charge in [0.05, 0.1) is 0 Å². The lowest BCUT2D eigenvalue weighted by atomic mass is 10.1. The lowest BCUT2D eigenvalue weighted by Crippen LogP contribution is -1.79. The summed E-state index contributed by atoms with van der Waals surface area (Å²) in [7, 11) is 0. The summed E-state index contributed by atoms with van der Waals surface area (Å²) < 4.78 is 0. The van der Waals surface area contributed by atoms with Gasteiger partial charge in [-0.3, -0.25) is 0 Å². The summed E-state index contributed by atoms with van der Waals surface area (Å²) >= 11 is 0. The van der Waals surface area contributed by atoms with E-state index in [-0.39, 0.29) is 0 Å². The first-order valence-corrected chi connectivity index (χ1v) is 6.98. The molecule has 0 bridgehead atoms. The van der Waals surface area contributed by atoms with E-state index < -0.39 is 0 Å². The Morgan fingerprint density at radius 2 is 0.950 bits per heavy atom. The van der Waals surface area contributed by atoms with E-state index in [2.05, 4.69) is 75.5 Å². The Hall–Kier alpha value is -2.08. The fourth-order valence-electron chi connectivity index (χ4n) is 1.78. The minimum Gasteiger partial charge on any atom is -0.103 e. The van der Waals surface area contributed by atoms with Gasteiger partial charge in [-0.05, 0) is 37.8 Å². The summed E-state index contributed by atoms with van der Waals surface area (Å²) in [6, 6.07) is 17.0. The zero-order chi connectivity index (χ0) is 14.8. The van der Waals surface area contributed by atoms with Crippen molar-refractivity contribution < 1.29 is 0 Å². The summed E-state index contributed by atoms with van der Waals surface area (Å²) in [6.07, 6.45) is 5.79. The molecular weight excluding hydrogens is 240 g/mol. The van der Waals surface area contributed by atoms with Crippen LogP contribution in [-0.4, -0.2) is 0 Å². The third-order valence-electron chi connectivity index (χ3n) is 3.00. The van der Waals surface area contributed by atoms with Crippen molar-refractivity contribution in [3.8, 4) is 0 Å². The lowest BCUT2D eigenvalue weighted by Gasteiger charge is -1.95. The number of rotatable bonds is 4. The van der Waals surface area contributed by atoms with Crippen molar-refractivity contribution in [2.24, 2.45) is 0 Å². The molecule has 0 atom stereocenters. The van der Waals surface area contributed by atoms with Gasteiger partial charge in [-0.1, -0.05) is 71.8 Å². The zero-order valence-electron chi connectivity index (χ0n) is 12.6. The molecule has 0 N–H and O–H groups in total. The molecular formula is C20H24. The monoisotopic (exact) mass is 264 g/mol. The van der Waals surface area contributed by atoms with E-state index in [9.17, 15) is 0 Å². The minimum atomic E-state index is 0.972. The van der Waals surface area contributed by atoms with Crippen molar-refractivity contribution in [1.82, 2.24) is 0 Å². The molecule has 0 fully saturated rings. The van der Waals surface area contributed by atoms with Crippen LogP contribution in [0.5, 0.6) is 0 Å². The maximum absolute atomic E-state index is 3.68. The van der Waals surface area contributed by atoms with E-state index in [1.165, 1.54) is 22.3 Å². The standard InChI is InChI=1S/2C10H12/c2*1-3-4-10-7-5-9(2)6-8-10/h2*3,5-8H,1,4H2,2H3. The van der Waals surface area contributed by atoms with Gasteiger partial charge in [-0.15, -0.1) is 13.2 Å². The molecule has 0 aliphatic rings. The fraction of sp³-hybridized carbons (Fsp3) is 0.200. The number of hydrogen-bond acceptors (Lipinski definition) is 0. The molecule has 0 aliphatic carbocycles. The van der Waals surface area contributed by atoms with Crippen LogP contribution < -0.4 is 0 Å². The molecule has 0 aliphatic heterocycles. The summed E-state index contributed by atoms with van der Waals surface area (Å²) in [6.45, 7) is 11.5. The molecule has 2 aromatic rings. The van der Waals surface area contributed by atoms with Crippen molar-refractivity contribution in [2.45, 2.75) is 26.7 Å². The average Bonchev–Trinajstić information content (AvgIpc) is 2.45. The molecule has 0 spiro atoms. The van der Waals surface area contributed by atoms with Gasteiger partial charge in [0.25, 0.3) is 0 Å². The second-order valence-corrected chi connectivity index (χ2v) is 4.96. The van der Waals surface area contributed by atoms with Gasteiger partial charge in [-0.25, -0.2) is 0 Å². The van der Waals surface area contributed by atoms with Crippen LogP contribution in [-0.2, 0) is 12.8 Å². The Kier molecular flexibility index (Phi) is 7.13. The predicted octanol–water partition coefficient (Wildman–Crippen LogP) is 5.45. The second kappa shape index (κ2) is 8.92. The molecule has 0 amide bonds. The molecule has 104 valence electrons. The first kappa shape index (κ1) is 16.0. The highest BCUT2D eigenvalue weighted by atomic mass is 13.9. The average molecular weight is 264 g/mol. The van der Waals surface area contributed by atoms with E-state index in [4.69, 9.17) is 0 Å². The van der Waals surface area contributed by atoms with Crippen molar-refractivity contribution in [2.75, 3.05) is 0 Å². The quantitative estimate of drug-likeness (QED) is 0.644. The highest BCUT2D eigenvalue weighted by Gasteiger charge is 1.87. The van der Waals surface area contributed by atoms with Crippen molar-refractivity contribution in [3.63, 3.8) is 0 Å². The van der Waals surface area contributed by atoms with E-state index in [1.807, 2.05) is 12.2 Å². The maximum atomic E-state index is 3.68. The minimum absolute atomic E-state index is 0.972. The Balaban J connectivity index is 0.000000200. The van der Waals surface area contributed by atoms with Crippen LogP contribution in [0.4, 0.5) is 0 Å². The predicted molar refractivity (Wildman–Crippen MR) is 90.2 cm³/mol. The smallest absolute Gasteiger partial charge is 0.0100 e. The number of hydrogen-bond donors (Lipinski definition) is 0. The molecule has 0 heteroatoms. The lowest BCUT2D eigenvalue weighted by molar-refractivity contribution is 1.26. The van der Waals surface area contributed by atoms with Gasteiger partial charge < -0.3 is 0 Å². The zero-order valence-corrected chi connectivity index (χ0v) is 12.6. The maximum Gasteiger partial charge on any atom is -0.0100 e. The van der Waals surface area contributed by atoms with Gasteiger partial charge in [0.2, 0.25) is 0 Å². The first-order chi connectivity index (χ1) is 9.65. The Morgan fingerprint density at radius 1 is 0.650 bits per heavy atom. The van der Waals surface area contributed by atoms with E-state index >= 15 is 0 Å². The molecule has 2 aromatic carbocycles. The topological polar surface area (TPSA) is 0 Å². The van der Waals surface area contributed by atoms with E-state index in [1.54, 1.807) is 0 Å². The highest BCUT2D eigenvalue weighted by molar-refractivity contribution is 5.23. The molecule has 0 saturated carbocycles. The van der Waals surface area contributed by atoms with E-state index in [0.717, 1.165) is 12.8 Å². The van der Waals surface area contributed by atoms with Crippen molar-refractivity contribution >= 4 is 0 Å². The molecule has 0 nitrogen and oxygen atoms in total. The summed E-state index contributed by atoms with van der Waals surface area (Å²) in [5, 5.41) is 0. The molecule has 0 aromatic heterocycles. The number of benzene rings is 2. The van der Waals surface area contributed by atoms with Crippen LogP contribution in [0.25, 0.3) is 0 Å². The fourth-order valence-corrected chi connectivity index (χ4v) is 1.78. The summed E-state index contributed by atoms with van der Waals surface area (Å²) in [5.74, 6) is 0.